The number of carbonyl (C=O) groups is 2. The van der Waals surface area contributed by atoms with E-state index >= 15 is 0 Å². The summed E-state index contributed by atoms with van der Waals surface area (Å²) in [6.07, 6.45) is 1.38. The van der Waals surface area contributed by atoms with Crippen LogP contribution in [0.1, 0.15) is 20.3 Å². The minimum Gasteiger partial charge on any atom is -0.478 e. The standard InChI is InChI=1S/C10H16O5/c1-5-10(2,15-4)7(9(12)13)6-8(11)14-3/h6H,5H2,1-4H3,(H,12,13)/b7-6+. The molecule has 0 spiro atoms. The van der Waals surface area contributed by atoms with Crippen molar-refractivity contribution in [3.05, 3.63) is 11.6 Å². The average molecular weight is 216 g/mol. The average Bonchev–Trinajstić information content (AvgIpc) is 2.23. The van der Waals surface area contributed by atoms with Crippen molar-refractivity contribution in [2.24, 2.45) is 0 Å². The van der Waals surface area contributed by atoms with Gasteiger partial charge in [0.15, 0.2) is 0 Å². The van der Waals surface area contributed by atoms with Gasteiger partial charge in [0.1, 0.15) is 0 Å². The molecule has 0 saturated heterocycles. The third-order valence-electron chi connectivity index (χ3n) is 2.39. The zero-order chi connectivity index (χ0) is 12.1. The molecular weight excluding hydrogens is 200 g/mol. The van der Waals surface area contributed by atoms with E-state index in [1.165, 1.54) is 14.2 Å². The topological polar surface area (TPSA) is 72.8 Å². The maximum absolute atomic E-state index is 11.0. The molecule has 86 valence electrons. The van der Waals surface area contributed by atoms with E-state index in [-0.39, 0.29) is 5.57 Å². The van der Waals surface area contributed by atoms with Crippen LogP contribution in [0.3, 0.4) is 0 Å². The van der Waals surface area contributed by atoms with Crippen molar-refractivity contribution in [3.8, 4) is 0 Å². The van der Waals surface area contributed by atoms with Crippen molar-refractivity contribution in [1.82, 2.24) is 0 Å². The van der Waals surface area contributed by atoms with Crippen molar-refractivity contribution in [3.63, 3.8) is 0 Å². The fourth-order valence-electron chi connectivity index (χ4n) is 1.06. The molecule has 5 nitrogen and oxygen atoms in total. The number of methoxy groups -OCH3 is 2. The number of hydrogen-bond acceptors (Lipinski definition) is 4. The molecule has 0 aliphatic carbocycles. The summed E-state index contributed by atoms with van der Waals surface area (Å²) in [5.74, 6) is -1.89. The summed E-state index contributed by atoms with van der Waals surface area (Å²) in [4.78, 5) is 21.9. The Hall–Kier alpha value is -1.36. The Balaban J connectivity index is 5.22. The molecular formula is C10H16O5. The highest BCUT2D eigenvalue weighted by Gasteiger charge is 2.32. The number of carboxylic acids is 1. The first-order chi connectivity index (χ1) is 6.91. The van der Waals surface area contributed by atoms with E-state index in [1.807, 2.05) is 0 Å². The molecule has 15 heavy (non-hydrogen) atoms. The number of carboxylic acid groups (broad SMARTS) is 1. The number of aliphatic carboxylic acids is 1. The first-order valence-corrected chi connectivity index (χ1v) is 4.49. The molecule has 1 atom stereocenters. The smallest absolute Gasteiger partial charge is 0.334 e. The number of rotatable bonds is 5. The van der Waals surface area contributed by atoms with Crippen molar-refractivity contribution in [2.45, 2.75) is 25.9 Å². The van der Waals surface area contributed by atoms with Crippen LogP contribution >= 0.6 is 0 Å². The normalized spacial score (nSPS) is 15.6. The van der Waals surface area contributed by atoms with Crippen LogP contribution in [0.5, 0.6) is 0 Å². The quantitative estimate of drug-likeness (QED) is 0.548. The van der Waals surface area contributed by atoms with E-state index in [0.29, 0.717) is 6.42 Å². The minimum absolute atomic E-state index is 0.112. The number of esters is 1. The summed E-state index contributed by atoms with van der Waals surface area (Å²) in [5.41, 5.74) is -1.10. The van der Waals surface area contributed by atoms with E-state index < -0.39 is 17.5 Å². The van der Waals surface area contributed by atoms with Gasteiger partial charge in [-0.15, -0.1) is 0 Å². The molecule has 0 fully saturated rings. The van der Waals surface area contributed by atoms with E-state index in [4.69, 9.17) is 9.84 Å². The monoisotopic (exact) mass is 216 g/mol. The number of ether oxygens (including phenoxy) is 2. The van der Waals surface area contributed by atoms with Gasteiger partial charge in [-0.3, -0.25) is 0 Å². The van der Waals surface area contributed by atoms with Crippen LogP contribution in [0.25, 0.3) is 0 Å². The highest BCUT2D eigenvalue weighted by atomic mass is 16.5. The molecule has 0 radical (unpaired) electrons. The maximum Gasteiger partial charge on any atom is 0.334 e. The molecule has 0 aromatic heterocycles. The van der Waals surface area contributed by atoms with E-state index in [1.54, 1.807) is 13.8 Å². The summed E-state index contributed by atoms with van der Waals surface area (Å²) >= 11 is 0. The fourth-order valence-corrected chi connectivity index (χ4v) is 1.06. The molecule has 0 aliphatic heterocycles. The zero-order valence-corrected chi connectivity index (χ0v) is 9.36. The third-order valence-corrected chi connectivity index (χ3v) is 2.39. The summed E-state index contributed by atoms with van der Waals surface area (Å²) < 4.78 is 9.48. The second-order valence-corrected chi connectivity index (χ2v) is 3.17. The second kappa shape index (κ2) is 5.50. The van der Waals surface area contributed by atoms with Crippen LogP contribution in [0.15, 0.2) is 11.6 Å². The second-order valence-electron chi connectivity index (χ2n) is 3.17. The predicted molar refractivity (Wildman–Crippen MR) is 53.4 cm³/mol. The lowest BCUT2D eigenvalue weighted by atomic mass is 9.92. The van der Waals surface area contributed by atoms with E-state index in [9.17, 15) is 9.59 Å². The van der Waals surface area contributed by atoms with Gasteiger partial charge in [0.25, 0.3) is 0 Å². The lowest BCUT2D eigenvalue weighted by Crippen LogP contribution is -2.33. The Morgan fingerprint density at radius 1 is 1.40 bits per heavy atom. The van der Waals surface area contributed by atoms with Crippen molar-refractivity contribution < 1.29 is 24.2 Å². The first kappa shape index (κ1) is 13.6. The Kier molecular flexibility index (Phi) is 5.00. The van der Waals surface area contributed by atoms with Gasteiger partial charge < -0.3 is 14.6 Å². The van der Waals surface area contributed by atoms with Crippen LogP contribution in [0.2, 0.25) is 0 Å². The highest BCUT2D eigenvalue weighted by Crippen LogP contribution is 2.24. The first-order valence-electron chi connectivity index (χ1n) is 4.49. The molecule has 0 aliphatic rings. The van der Waals surface area contributed by atoms with Crippen LogP contribution in [0.4, 0.5) is 0 Å². The van der Waals surface area contributed by atoms with Crippen LogP contribution in [-0.4, -0.2) is 36.9 Å². The molecule has 0 heterocycles. The van der Waals surface area contributed by atoms with Crippen LogP contribution < -0.4 is 0 Å². The summed E-state index contributed by atoms with van der Waals surface area (Å²) in [5, 5.41) is 8.96. The van der Waals surface area contributed by atoms with Gasteiger partial charge in [-0.1, -0.05) is 6.92 Å². The van der Waals surface area contributed by atoms with Gasteiger partial charge in [-0.2, -0.15) is 0 Å². The minimum atomic E-state index is -1.19. The van der Waals surface area contributed by atoms with Gasteiger partial charge in [0.2, 0.25) is 0 Å². The molecule has 0 rings (SSSR count). The molecule has 5 heteroatoms. The zero-order valence-electron chi connectivity index (χ0n) is 9.36. The molecule has 0 bridgehead atoms. The molecule has 1 unspecified atom stereocenters. The van der Waals surface area contributed by atoms with Crippen LogP contribution in [0, 0.1) is 0 Å². The van der Waals surface area contributed by atoms with Crippen molar-refractivity contribution in [2.75, 3.05) is 14.2 Å². The maximum atomic E-state index is 11.0. The van der Waals surface area contributed by atoms with Crippen LogP contribution in [-0.2, 0) is 19.1 Å². The molecule has 1 N–H and O–H groups in total. The van der Waals surface area contributed by atoms with Crippen molar-refractivity contribution in [1.29, 1.82) is 0 Å². The SMILES string of the molecule is CCC(C)(OC)/C(=C/C(=O)OC)C(=O)O. The Morgan fingerprint density at radius 2 is 1.93 bits per heavy atom. The Morgan fingerprint density at radius 3 is 2.20 bits per heavy atom. The van der Waals surface area contributed by atoms with Gasteiger partial charge in [0.05, 0.1) is 18.3 Å². The molecule has 0 aromatic rings. The van der Waals surface area contributed by atoms with E-state index in [0.717, 1.165) is 6.08 Å². The number of hydrogen-bond donors (Lipinski definition) is 1. The summed E-state index contributed by atoms with van der Waals surface area (Å²) in [6.45, 7) is 3.38. The molecule has 0 aromatic carbocycles. The number of carbonyl (C=O) groups excluding carboxylic acids is 1. The summed E-state index contributed by atoms with van der Waals surface area (Å²) in [7, 11) is 2.59. The lowest BCUT2D eigenvalue weighted by Gasteiger charge is -2.27. The Bertz CT molecular complexity index is 276. The van der Waals surface area contributed by atoms with Gasteiger partial charge in [-0.25, -0.2) is 9.59 Å². The predicted octanol–water partition coefficient (Wildman–Crippen LogP) is 0.985. The highest BCUT2D eigenvalue weighted by molar-refractivity contribution is 5.96. The fraction of sp³-hybridized carbons (Fsp3) is 0.600. The molecule has 0 amide bonds. The third kappa shape index (κ3) is 3.36. The van der Waals surface area contributed by atoms with Gasteiger partial charge in [-0.05, 0) is 13.3 Å². The summed E-state index contributed by atoms with van der Waals surface area (Å²) in [6, 6.07) is 0. The van der Waals surface area contributed by atoms with Gasteiger partial charge >= 0.3 is 11.9 Å². The Labute approximate surface area is 88.7 Å². The van der Waals surface area contributed by atoms with E-state index in [2.05, 4.69) is 4.74 Å². The molecule has 0 saturated carbocycles. The van der Waals surface area contributed by atoms with Crippen molar-refractivity contribution >= 4 is 11.9 Å². The van der Waals surface area contributed by atoms with Gasteiger partial charge in [0, 0.05) is 13.2 Å². The lowest BCUT2D eigenvalue weighted by molar-refractivity contribution is -0.139. The largest absolute Gasteiger partial charge is 0.478 e.